The minimum Gasteiger partial charge on any atom is -0.308 e. The van der Waals surface area contributed by atoms with Crippen LogP contribution in [-0.2, 0) is 28.4 Å². The number of sulfone groups is 1. The summed E-state index contributed by atoms with van der Waals surface area (Å²) in [5.74, 6) is 6.09. The Bertz CT molecular complexity index is 512. The highest BCUT2D eigenvalue weighted by Gasteiger charge is 2.20. The molecule has 1 aromatic heterocycles. The topological polar surface area (TPSA) is 98.0 Å². The van der Waals surface area contributed by atoms with Gasteiger partial charge in [-0.3, -0.25) is 0 Å². The highest BCUT2D eigenvalue weighted by atomic mass is 32.2. The molecule has 2 rings (SSSR count). The van der Waals surface area contributed by atoms with Crippen LogP contribution in [0.3, 0.4) is 0 Å². The molecule has 0 aromatic carbocycles. The predicted molar refractivity (Wildman–Crippen MR) is 60.4 cm³/mol. The van der Waals surface area contributed by atoms with E-state index in [2.05, 4.69) is 15.4 Å². The van der Waals surface area contributed by atoms with Crippen molar-refractivity contribution in [1.82, 2.24) is 9.97 Å². The Labute approximate surface area is 94.2 Å². The van der Waals surface area contributed by atoms with Gasteiger partial charge < -0.3 is 5.43 Å². The number of nitrogens with zero attached hydrogens (tertiary/aromatic N) is 2. The minimum absolute atomic E-state index is 0.144. The van der Waals surface area contributed by atoms with Crippen molar-refractivity contribution in [3.05, 3.63) is 17.1 Å². The zero-order chi connectivity index (χ0) is 11.8. The highest BCUT2D eigenvalue weighted by molar-refractivity contribution is 7.89. The van der Waals surface area contributed by atoms with Crippen molar-refractivity contribution in [3.63, 3.8) is 0 Å². The van der Waals surface area contributed by atoms with Gasteiger partial charge in [0.1, 0.15) is 17.4 Å². The second-order valence-corrected chi connectivity index (χ2v) is 6.12. The van der Waals surface area contributed by atoms with E-state index >= 15 is 0 Å². The first kappa shape index (κ1) is 11.3. The van der Waals surface area contributed by atoms with Crippen LogP contribution in [0.15, 0.2) is 0 Å². The number of aryl methyl sites for hydroxylation is 1. The Morgan fingerprint density at radius 1 is 1.38 bits per heavy atom. The van der Waals surface area contributed by atoms with Crippen molar-refractivity contribution in [2.45, 2.75) is 25.0 Å². The van der Waals surface area contributed by atoms with Gasteiger partial charge >= 0.3 is 0 Å². The fourth-order valence-electron chi connectivity index (χ4n) is 1.90. The lowest BCUT2D eigenvalue weighted by Crippen LogP contribution is -2.15. The number of anilines is 1. The van der Waals surface area contributed by atoms with Crippen LogP contribution in [-0.4, -0.2) is 24.6 Å². The van der Waals surface area contributed by atoms with E-state index < -0.39 is 9.84 Å². The first-order valence-electron chi connectivity index (χ1n) is 5.02. The molecule has 3 N–H and O–H groups in total. The quantitative estimate of drug-likeness (QED) is 0.562. The van der Waals surface area contributed by atoms with Gasteiger partial charge in [0, 0.05) is 17.5 Å². The molecule has 0 saturated heterocycles. The average Bonchev–Trinajstić information content (AvgIpc) is 2.61. The van der Waals surface area contributed by atoms with Gasteiger partial charge in [-0.1, -0.05) is 0 Å². The van der Waals surface area contributed by atoms with Gasteiger partial charge in [0.25, 0.3) is 0 Å². The summed E-state index contributed by atoms with van der Waals surface area (Å²) in [6.45, 7) is 0. The third-order valence-corrected chi connectivity index (χ3v) is 3.29. The molecule has 0 unspecified atom stereocenters. The number of rotatable bonds is 3. The third-order valence-electron chi connectivity index (χ3n) is 2.51. The number of hydrogen-bond acceptors (Lipinski definition) is 6. The molecule has 88 valence electrons. The van der Waals surface area contributed by atoms with Gasteiger partial charge in [0.2, 0.25) is 0 Å². The van der Waals surface area contributed by atoms with E-state index in [0.29, 0.717) is 11.6 Å². The maximum Gasteiger partial charge on any atom is 0.154 e. The SMILES string of the molecule is CS(=O)(=O)Cc1nc2c(c(NN)n1)CCC2. The molecule has 1 aromatic rings. The molecule has 0 atom stereocenters. The summed E-state index contributed by atoms with van der Waals surface area (Å²) in [6.07, 6.45) is 3.94. The largest absolute Gasteiger partial charge is 0.308 e. The van der Waals surface area contributed by atoms with E-state index in [1.54, 1.807) is 0 Å². The summed E-state index contributed by atoms with van der Waals surface area (Å²) >= 11 is 0. The van der Waals surface area contributed by atoms with E-state index in [9.17, 15) is 8.42 Å². The molecule has 0 bridgehead atoms. The summed E-state index contributed by atoms with van der Waals surface area (Å²) < 4.78 is 22.3. The van der Waals surface area contributed by atoms with Crippen molar-refractivity contribution in [3.8, 4) is 0 Å². The van der Waals surface area contributed by atoms with Crippen LogP contribution < -0.4 is 11.3 Å². The zero-order valence-corrected chi connectivity index (χ0v) is 9.84. The lowest BCUT2D eigenvalue weighted by molar-refractivity contribution is 0.599. The summed E-state index contributed by atoms with van der Waals surface area (Å²) in [5.41, 5.74) is 4.44. The van der Waals surface area contributed by atoms with Crippen molar-refractivity contribution in [2.24, 2.45) is 5.84 Å². The first-order valence-corrected chi connectivity index (χ1v) is 7.08. The Balaban J connectivity index is 2.42. The van der Waals surface area contributed by atoms with E-state index in [-0.39, 0.29) is 5.75 Å². The summed E-state index contributed by atoms with van der Waals surface area (Å²) in [4.78, 5) is 8.38. The number of nitrogen functional groups attached to an aromatic ring is 1. The Kier molecular flexibility index (Phi) is 2.81. The molecule has 1 aliphatic rings. The van der Waals surface area contributed by atoms with Crippen LogP contribution in [0, 0.1) is 0 Å². The van der Waals surface area contributed by atoms with Crippen molar-refractivity contribution in [1.29, 1.82) is 0 Å². The standard InChI is InChI=1S/C9H14N4O2S/c1-16(14,15)5-8-11-7-4-2-3-6(7)9(12-8)13-10/h2-5,10H2,1H3,(H,11,12,13). The molecule has 0 spiro atoms. The molecule has 0 saturated carbocycles. The molecule has 16 heavy (non-hydrogen) atoms. The second-order valence-electron chi connectivity index (χ2n) is 3.98. The minimum atomic E-state index is -3.11. The van der Waals surface area contributed by atoms with Gasteiger partial charge in [-0.15, -0.1) is 0 Å². The monoisotopic (exact) mass is 242 g/mol. The molecule has 6 nitrogen and oxygen atoms in total. The van der Waals surface area contributed by atoms with Gasteiger partial charge in [0.05, 0.1) is 0 Å². The molecule has 0 amide bonds. The maximum atomic E-state index is 11.2. The average molecular weight is 242 g/mol. The third kappa shape index (κ3) is 2.30. The highest BCUT2D eigenvalue weighted by Crippen LogP contribution is 2.25. The molecule has 0 aliphatic heterocycles. The number of nitrogens with two attached hydrogens (primary N) is 1. The fourth-order valence-corrected chi connectivity index (χ4v) is 2.50. The van der Waals surface area contributed by atoms with Crippen LogP contribution in [0.2, 0.25) is 0 Å². The molecule has 7 heteroatoms. The smallest absolute Gasteiger partial charge is 0.154 e. The Hall–Kier alpha value is -1.21. The number of hydrogen-bond donors (Lipinski definition) is 2. The van der Waals surface area contributed by atoms with E-state index in [0.717, 1.165) is 30.5 Å². The normalized spacial score (nSPS) is 14.9. The number of fused-ring (bicyclic) bond motifs is 1. The molecule has 0 radical (unpaired) electrons. The maximum absolute atomic E-state index is 11.2. The number of hydrazine groups is 1. The molecule has 1 heterocycles. The predicted octanol–water partition coefficient (Wildman–Crippen LogP) is -0.205. The lowest BCUT2D eigenvalue weighted by Gasteiger charge is -2.08. The molecule has 1 aliphatic carbocycles. The summed E-state index contributed by atoms with van der Waals surface area (Å²) in [5, 5.41) is 0. The van der Waals surface area contributed by atoms with Gasteiger partial charge in [-0.25, -0.2) is 24.2 Å². The van der Waals surface area contributed by atoms with Crippen LogP contribution >= 0.6 is 0 Å². The number of nitrogens with one attached hydrogen (secondary N) is 1. The van der Waals surface area contributed by atoms with Gasteiger partial charge in [-0.2, -0.15) is 0 Å². The number of aromatic nitrogens is 2. The first-order chi connectivity index (χ1) is 7.49. The van der Waals surface area contributed by atoms with Crippen LogP contribution in [0.1, 0.15) is 23.5 Å². The Morgan fingerprint density at radius 3 is 2.75 bits per heavy atom. The van der Waals surface area contributed by atoms with Crippen LogP contribution in [0.25, 0.3) is 0 Å². The van der Waals surface area contributed by atoms with Crippen molar-refractivity contribution >= 4 is 15.7 Å². The van der Waals surface area contributed by atoms with Gasteiger partial charge in [0.15, 0.2) is 9.84 Å². The zero-order valence-electron chi connectivity index (χ0n) is 9.02. The van der Waals surface area contributed by atoms with Crippen LogP contribution in [0.4, 0.5) is 5.82 Å². The lowest BCUT2D eigenvalue weighted by atomic mass is 10.2. The van der Waals surface area contributed by atoms with E-state index in [4.69, 9.17) is 5.84 Å². The fraction of sp³-hybridized carbons (Fsp3) is 0.556. The summed E-state index contributed by atoms with van der Waals surface area (Å²) in [6, 6.07) is 0. The Morgan fingerprint density at radius 2 is 2.12 bits per heavy atom. The second kappa shape index (κ2) is 3.99. The van der Waals surface area contributed by atoms with E-state index in [1.807, 2.05) is 0 Å². The molecular formula is C9H14N4O2S. The van der Waals surface area contributed by atoms with Crippen molar-refractivity contribution < 1.29 is 8.42 Å². The summed E-state index contributed by atoms with van der Waals surface area (Å²) in [7, 11) is -3.11. The molecular weight excluding hydrogens is 228 g/mol. The van der Waals surface area contributed by atoms with Crippen molar-refractivity contribution in [2.75, 3.05) is 11.7 Å². The molecule has 0 fully saturated rings. The van der Waals surface area contributed by atoms with E-state index in [1.165, 1.54) is 6.26 Å². The van der Waals surface area contributed by atoms with Gasteiger partial charge in [-0.05, 0) is 19.3 Å². The van der Waals surface area contributed by atoms with Crippen LogP contribution in [0.5, 0.6) is 0 Å².